The standard InChI is InChI=1S/C23H28N4O/c1-2-19-9-11-20(12-10-19)17-26-13-6-14-27(16-15-26)18-22-24-23(28-25-22)21-7-4-3-5-8-21/h3-5,7-12H,2,6,13-18H2,1H3. The fourth-order valence-corrected chi connectivity index (χ4v) is 3.70. The van der Waals surface area contributed by atoms with E-state index in [1.807, 2.05) is 30.3 Å². The van der Waals surface area contributed by atoms with Crippen LogP contribution in [0.2, 0.25) is 0 Å². The van der Waals surface area contributed by atoms with Gasteiger partial charge in [-0.15, -0.1) is 0 Å². The van der Waals surface area contributed by atoms with E-state index in [4.69, 9.17) is 4.52 Å². The van der Waals surface area contributed by atoms with E-state index >= 15 is 0 Å². The van der Waals surface area contributed by atoms with Gasteiger partial charge in [0.05, 0.1) is 6.54 Å². The van der Waals surface area contributed by atoms with Crippen molar-refractivity contribution in [2.75, 3.05) is 26.2 Å². The zero-order valence-corrected chi connectivity index (χ0v) is 16.6. The fourth-order valence-electron chi connectivity index (χ4n) is 3.70. The monoisotopic (exact) mass is 376 g/mol. The molecule has 0 spiro atoms. The summed E-state index contributed by atoms with van der Waals surface area (Å²) in [6.45, 7) is 8.27. The van der Waals surface area contributed by atoms with Crippen LogP contribution in [0.5, 0.6) is 0 Å². The Hall–Kier alpha value is -2.50. The van der Waals surface area contributed by atoms with Crippen LogP contribution in [0, 0.1) is 0 Å². The molecule has 1 aliphatic rings. The van der Waals surface area contributed by atoms with E-state index in [0.717, 1.165) is 63.5 Å². The molecule has 28 heavy (non-hydrogen) atoms. The summed E-state index contributed by atoms with van der Waals surface area (Å²) < 4.78 is 5.44. The van der Waals surface area contributed by atoms with E-state index < -0.39 is 0 Å². The number of aromatic nitrogens is 2. The summed E-state index contributed by atoms with van der Waals surface area (Å²) in [6.07, 6.45) is 2.26. The molecule has 0 radical (unpaired) electrons. The normalized spacial score (nSPS) is 16.2. The SMILES string of the molecule is CCc1ccc(CN2CCCN(Cc3noc(-c4ccccc4)n3)CC2)cc1. The van der Waals surface area contributed by atoms with Crippen molar-refractivity contribution in [3.8, 4) is 11.5 Å². The van der Waals surface area contributed by atoms with E-state index in [2.05, 4.69) is 51.1 Å². The Morgan fingerprint density at radius 3 is 2.21 bits per heavy atom. The summed E-state index contributed by atoms with van der Waals surface area (Å²) in [4.78, 5) is 9.55. The summed E-state index contributed by atoms with van der Waals surface area (Å²) in [6, 6.07) is 19.0. The molecule has 4 rings (SSSR count). The van der Waals surface area contributed by atoms with Crippen LogP contribution in [0.3, 0.4) is 0 Å². The van der Waals surface area contributed by atoms with Crippen molar-refractivity contribution in [3.05, 3.63) is 71.5 Å². The van der Waals surface area contributed by atoms with Gasteiger partial charge in [-0.2, -0.15) is 4.98 Å². The largest absolute Gasteiger partial charge is 0.334 e. The van der Waals surface area contributed by atoms with Crippen molar-refractivity contribution in [1.29, 1.82) is 0 Å². The Labute approximate surface area is 167 Å². The molecule has 0 aliphatic carbocycles. The minimum Gasteiger partial charge on any atom is -0.334 e. The molecular weight excluding hydrogens is 348 g/mol. The average Bonchev–Trinajstić information content (AvgIpc) is 3.10. The Bertz CT molecular complexity index is 860. The summed E-state index contributed by atoms with van der Waals surface area (Å²) in [7, 11) is 0. The van der Waals surface area contributed by atoms with E-state index in [1.54, 1.807) is 0 Å². The van der Waals surface area contributed by atoms with Crippen LogP contribution in [0.25, 0.3) is 11.5 Å². The van der Waals surface area contributed by atoms with Crippen molar-refractivity contribution in [2.45, 2.75) is 32.9 Å². The molecule has 2 aromatic carbocycles. The molecule has 3 aromatic rings. The van der Waals surface area contributed by atoms with E-state index in [-0.39, 0.29) is 0 Å². The average molecular weight is 377 g/mol. The van der Waals surface area contributed by atoms with Gasteiger partial charge in [0.15, 0.2) is 5.82 Å². The Morgan fingerprint density at radius 2 is 1.50 bits per heavy atom. The minimum atomic E-state index is 0.600. The smallest absolute Gasteiger partial charge is 0.257 e. The summed E-state index contributed by atoms with van der Waals surface area (Å²) >= 11 is 0. The molecule has 0 atom stereocenters. The number of rotatable bonds is 6. The molecule has 146 valence electrons. The lowest BCUT2D eigenvalue weighted by Crippen LogP contribution is -2.30. The van der Waals surface area contributed by atoms with Crippen LogP contribution in [0.15, 0.2) is 59.1 Å². The second-order valence-electron chi connectivity index (χ2n) is 7.46. The number of aryl methyl sites for hydroxylation is 1. The first kappa shape index (κ1) is 18.8. The quantitative estimate of drug-likeness (QED) is 0.650. The zero-order valence-electron chi connectivity index (χ0n) is 16.6. The second-order valence-corrected chi connectivity index (χ2v) is 7.46. The first-order valence-electron chi connectivity index (χ1n) is 10.2. The Balaban J connectivity index is 1.31. The van der Waals surface area contributed by atoms with Crippen molar-refractivity contribution >= 4 is 0 Å². The second kappa shape index (κ2) is 9.13. The highest BCUT2D eigenvalue weighted by Gasteiger charge is 2.17. The van der Waals surface area contributed by atoms with E-state index in [1.165, 1.54) is 11.1 Å². The van der Waals surface area contributed by atoms with Gasteiger partial charge in [0.25, 0.3) is 5.89 Å². The van der Waals surface area contributed by atoms with Gasteiger partial charge in [-0.25, -0.2) is 0 Å². The van der Waals surface area contributed by atoms with Crippen LogP contribution in [-0.2, 0) is 19.5 Å². The lowest BCUT2D eigenvalue weighted by atomic mass is 10.1. The summed E-state index contributed by atoms with van der Waals surface area (Å²) in [5.41, 5.74) is 3.77. The predicted molar refractivity (Wildman–Crippen MR) is 111 cm³/mol. The van der Waals surface area contributed by atoms with Crippen LogP contribution in [0.1, 0.15) is 30.3 Å². The number of nitrogens with zero attached hydrogens (tertiary/aromatic N) is 4. The van der Waals surface area contributed by atoms with Gasteiger partial charge in [0.1, 0.15) is 0 Å². The Kier molecular flexibility index (Phi) is 6.14. The number of benzene rings is 2. The molecule has 5 heteroatoms. The molecule has 1 aromatic heterocycles. The van der Waals surface area contributed by atoms with Crippen LogP contribution >= 0.6 is 0 Å². The first-order valence-corrected chi connectivity index (χ1v) is 10.2. The number of hydrogen-bond acceptors (Lipinski definition) is 5. The molecule has 0 amide bonds. The molecule has 1 saturated heterocycles. The van der Waals surface area contributed by atoms with Crippen molar-refractivity contribution in [3.63, 3.8) is 0 Å². The van der Waals surface area contributed by atoms with Crippen LogP contribution in [0.4, 0.5) is 0 Å². The molecule has 0 bridgehead atoms. The molecule has 1 fully saturated rings. The third kappa shape index (κ3) is 4.86. The van der Waals surface area contributed by atoms with Gasteiger partial charge in [0.2, 0.25) is 0 Å². The van der Waals surface area contributed by atoms with Gasteiger partial charge in [-0.3, -0.25) is 9.80 Å². The molecule has 1 aliphatic heterocycles. The van der Waals surface area contributed by atoms with Gasteiger partial charge < -0.3 is 4.52 Å². The van der Waals surface area contributed by atoms with Crippen molar-refractivity contribution < 1.29 is 4.52 Å². The molecule has 5 nitrogen and oxygen atoms in total. The van der Waals surface area contributed by atoms with Crippen molar-refractivity contribution in [1.82, 2.24) is 19.9 Å². The van der Waals surface area contributed by atoms with Crippen LogP contribution in [-0.4, -0.2) is 46.1 Å². The molecular formula is C23H28N4O. The fraction of sp³-hybridized carbons (Fsp3) is 0.391. The summed E-state index contributed by atoms with van der Waals surface area (Å²) in [5.74, 6) is 1.37. The maximum absolute atomic E-state index is 5.44. The molecule has 0 saturated carbocycles. The van der Waals surface area contributed by atoms with E-state index in [0.29, 0.717) is 5.89 Å². The third-order valence-corrected chi connectivity index (χ3v) is 5.37. The van der Waals surface area contributed by atoms with E-state index in [9.17, 15) is 0 Å². The number of hydrogen-bond donors (Lipinski definition) is 0. The predicted octanol–water partition coefficient (Wildman–Crippen LogP) is 4.01. The lowest BCUT2D eigenvalue weighted by molar-refractivity contribution is 0.241. The van der Waals surface area contributed by atoms with Crippen LogP contribution < -0.4 is 0 Å². The van der Waals surface area contributed by atoms with Crippen molar-refractivity contribution in [2.24, 2.45) is 0 Å². The lowest BCUT2D eigenvalue weighted by Gasteiger charge is -2.21. The highest BCUT2D eigenvalue weighted by atomic mass is 16.5. The topological polar surface area (TPSA) is 45.4 Å². The minimum absolute atomic E-state index is 0.600. The van der Waals surface area contributed by atoms with Gasteiger partial charge in [-0.1, -0.05) is 54.5 Å². The third-order valence-electron chi connectivity index (χ3n) is 5.37. The first-order chi connectivity index (χ1) is 13.8. The molecule has 2 heterocycles. The zero-order chi connectivity index (χ0) is 19.2. The highest BCUT2D eigenvalue weighted by Crippen LogP contribution is 2.17. The van der Waals surface area contributed by atoms with Gasteiger partial charge >= 0.3 is 0 Å². The Morgan fingerprint density at radius 1 is 0.821 bits per heavy atom. The summed E-state index contributed by atoms with van der Waals surface area (Å²) in [5, 5.41) is 4.18. The maximum atomic E-state index is 5.44. The highest BCUT2D eigenvalue weighted by molar-refractivity contribution is 5.51. The molecule has 0 unspecified atom stereocenters. The maximum Gasteiger partial charge on any atom is 0.257 e. The molecule has 0 N–H and O–H groups in total. The van der Waals surface area contributed by atoms with Gasteiger partial charge in [-0.05, 0) is 49.2 Å². The van der Waals surface area contributed by atoms with Gasteiger partial charge in [0, 0.05) is 25.2 Å².